The first-order chi connectivity index (χ1) is 13.5. The van der Waals surface area contributed by atoms with Crippen LogP contribution in [0, 0.1) is 0 Å². The van der Waals surface area contributed by atoms with Gasteiger partial charge in [-0.15, -0.1) is 0 Å². The summed E-state index contributed by atoms with van der Waals surface area (Å²) in [7, 11) is 4.88. The number of carbonyl (C=O) groups excluding carboxylic acids is 1. The van der Waals surface area contributed by atoms with Crippen LogP contribution < -0.4 is 19.5 Å². The minimum atomic E-state index is -0.275. The third-order valence-electron chi connectivity index (χ3n) is 4.91. The van der Waals surface area contributed by atoms with E-state index in [-0.39, 0.29) is 11.8 Å². The van der Waals surface area contributed by atoms with Crippen molar-refractivity contribution in [2.45, 2.75) is 19.4 Å². The maximum Gasteiger partial charge on any atom is 0.227 e. The summed E-state index contributed by atoms with van der Waals surface area (Å²) in [5.41, 5.74) is 1.83. The summed E-state index contributed by atoms with van der Waals surface area (Å²) < 4.78 is 15.9. The van der Waals surface area contributed by atoms with Gasteiger partial charge in [0.15, 0.2) is 0 Å². The molecule has 3 rings (SSSR count). The van der Waals surface area contributed by atoms with E-state index in [2.05, 4.69) is 5.32 Å². The van der Waals surface area contributed by atoms with Crippen LogP contribution in [0.4, 0.5) is 0 Å². The fourth-order valence-electron chi connectivity index (χ4n) is 3.15. The summed E-state index contributed by atoms with van der Waals surface area (Å²) in [5, 5.41) is 5.15. The van der Waals surface area contributed by atoms with Crippen LogP contribution in [-0.4, -0.2) is 27.2 Å². The van der Waals surface area contributed by atoms with Gasteiger partial charge in [-0.1, -0.05) is 24.3 Å². The van der Waals surface area contributed by atoms with Gasteiger partial charge in [-0.3, -0.25) is 4.79 Å². The monoisotopic (exact) mass is 379 g/mol. The van der Waals surface area contributed by atoms with Gasteiger partial charge in [0.25, 0.3) is 0 Å². The number of hydrogen-bond donors (Lipinski definition) is 1. The molecule has 0 spiro atoms. The highest BCUT2D eigenvalue weighted by molar-refractivity contribution is 5.88. The number of fused-ring (bicyclic) bond motifs is 1. The number of amides is 1. The maximum absolute atomic E-state index is 12.7. The Bertz CT molecular complexity index is 983. The van der Waals surface area contributed by atoms with Gasteiger partial charge in [0.1, 0.15) is 17.2 Å². The molecule has 1 N–H and O–H groups in total. The topological polar surface area (TPSA) is 56.8 Å². The fourth-order valence-corrected chi connectivity index (χ4v) is 3.15. The van der Waals surface area contributed by atoms with Crippen molar-refractivity contribution < 1.29 is 19.0 Å². The third-order valence-corrected chi connectivity index (χ3v) is 4.91. The van der Waals surface area contributed by atoms with Gasteiger partial charge < -0.3 is 19.5 Å². The molecule has 0 aromatic heterocycles. The molecule has 0 fully saturated rings. The SMILES string of the molecule is COc1ccc(OC)c(CNC(=O)[C@H](C)c2ccc3cc(OC)ccc3c2)c1. The largest absolute Gasteiger partial charge is 0.497 e. The standard InChI is InChI=1S/C23H25NO4/c1-15(16-5-6-18-12-20(26-2)8-7-17(18)11-16)23(25)24-14-19-13-21(27-3)9-10-22(19)28-4/h5-13,15H,14H2,1-4H3,(H,24,25)/t15-/m1/s1. The highest BCUT2D eigenvalue weighted by Crippen LogP contribution is 2.26. The average molecular weight is 379 g/mol. The van der Waals surface area contributed by atoms with Gasteiger partial charge >= 0.3 is 0 Å². The number of nitrogens with one attached hydrogen (secondary N) is 1. The second-order valence-electron chi connectivity index (χ2n) is 6.59. The molecule has 0 unspecified atom stereocenters. The van der Waals surface area contributed by atoms with E-state index in [0.29, 0.717) is 12.3 Å². The number of hydrogen-bond acceptors (Lipinski definition) is 4. The normalized spacial score (nSPS) is 11.7. The summed E-state index contributed by atoms with van der Waals surface area (Å²) in [5.74, 6) is 1.94. The summed E-state index contributed by atoms with van der Waals surface area (Å²) in [4.78, 5) is 12.7. The lowest BCUT2D eigenvalue weighted by atomic mass is 9.97. The molecule has 0 saturated carbocycles. The Hall–Kier alpha value is -3.21. The van der Waals surface area contributed by atoms with Crippen LogP contribution >= 0.6 is 0 Å². The van der Waals surface area contributed by atoms with Crippen molar-refractivity contribution in [3.63, 3.8) is 0 Å². The molecule has 0 saturated heterocycles. The van der Waals surface area contributed by atoms with Crippen LogP contribution in [0.2, 0.25) is 0 Å². The Balaban J connectivity index is 1.73. The number of benzene rings is 3. The molecule has 3 aromatic rings. The highest BCUT2D eigenvalue weighted by atomic mass is 16.5. The van der Waals surface area contributed by atoms with E-state index in [9.17, 15) is 4.79 Å². The molecule has 0 bridgehead atoms. The van der Waals surface area contributed by atoms with Crippen molar-refractivity contribution in [1.82, 2.24) is 5.32 Å². The number of ether oxygens (including phenoxy) is 3. The summed E-state index contributed by atoms with van der Waals surface area (Å²) >= 11 is 0. The first-order valence-corrected chi connectivity index (χ1v) is 9.12. The molecule has 28 heavy (non-hydrogen) atoms. The minimum absolute atomic E-state index is 0.0438. The summed E-state index contributed by atoms with van der Waals surface area (Å²) in [6.07, 6.45) is 0. The van der Waals surface area contributed by atoms with Crippen LogP contribution in [-0.2, 0) is 11.3 Å². The zero-order valence-electron chi connectivity index (χ0n) is 16.6. The first-order valence-electron chi connectivity index (χ1n) is 9.12. The maximum atomic E-state index is 12.7. The molecule has 146 valence electrons. The van der Waals surface area contributed by atoms with E-state index >= 15 is 0 Å². The molecule has 0 aliphatic heterocycles. The minimum Gasteiger partial charge on any atom is -0.497 e. The molecule has 1 atom stereocenters. The Labute approximate surface area is 165 Å². The number of carbonyl (C=O) groups is 1. The van der Waals surface area contributed by atoms with Gasteiger partial charge in [-0.05, 0) is 53.6 Å². The molecule has 5 nitrogen and oxygen atoms in total. The molecule has 0 aliphatic carbocycles. The van der Waals surface area contributed by atoms with E-state index in [0.717, 1.165) is 33.4 Å². The van der Waals surface area contributed by atoms with Crippen molar-refractivity contribution >= 4 is 16.7 Å². The predicted molar refractivity (Wildman–Crippen MR) is 110 cm³/mol. The molecule has 0 aliphatic rings. The van der Waals surface area contributed by atoms with Gasteiger partial charge in [0.05, 0.1) is 27.2 Å². The Kier molecular flexibility index (Phi) is 6.04. The van der Waals surface area contributed by atoms with Crippen LogP contribution in [0.25, 0.3) is 10.8 Å². The summed E-state index contributed by atoms with van der Waals surface area (Å²) in [6, 6.07) is 17.5. The van der Waals surface area contributed by atoms with Crippen molar-refractivity contribution in [2.75, 3.05) is 21.3 Å². The zero-order valence-corrected chi connectivity index (χ0v) is 16.6. The van der Waals surface area contributed by atoms with Crippen molar-refractivity contribution in [3.05, 3.63) is 65.7 Å². The van der Waals surface area contributed by atoms with E-state index in [4.69, 9.17) is 14.2 Å². The predicted octanol–water partition coefficient (Wildman–Crippen LogP) is 4.29. The van der Waals surface area contributed by atoms with Gasteiger partial charge in [0.2, 0.25) is 5.91 Å². The lowest BCUT2D eigenvalue weighted by Crippen LogP contribution is -2.27. The van der Waals surface area contributed by atoms with Crippen LogP contribution in [0.1, 0.15) is 24.0 Å². The Morgan fingerprint density at radius 2 is 1.50 bits per heavy atom. The summed E-state index contributed by atoms with van der Waals surface area (Å²) in [6.45, 7) is 2.27. The second kappa shape index (κ2) is 8.65. The second-order valence-corrected chi connectivity index (χ2v) is 6.59. The van der Waals surface area contributed by atoms with Gasteiger partial charge in [-0.25, -0.2) is 0 Å². The number of rotatable bonds is 7. The van der Waals surface area contributed by atoms with E-state index in [1.54, 1.807) is 21.3 Å². The van der Waals surface area contributed by atoms with Crippen molar-refractivity contribution in [3.8, 4) is 17.2 Å². The molecule has 0 radical (unpaired) electrons. The highest BCUT2D eigenvalue weighted by Gasteiger charge is 2.16. The average Bonchev–Trinajstić information content (AvgIpc) is 2.75. The molecule has 1 amide bonds. The van der Waals surface area contributed by atoms with E-state index in [1.165, 1.54) is 0 Å². The van der Waals surface area contributed by atoms with Crippen LogP contribution in [0.15, 0.2) is 54.6 Å². The fraction of sp³-hybridized carbons (Fsp3) is 0.261. The third kappa shape index (κ3) is 4.19. The molecule has 5 heteroatoms. The van der Waals surface area contributed by atoms with Crippen molar-refractivity contribution in [2.24, 2.45) is 0 Å². The lowest BCUT2D eigenvalue weighted by molar-refractivity contribution is -0.122. The lowest BCUT2D eigenvalue weighted by Gasteiger charge is -2.15. The van der Waals surface area contributed by atoms with E-state index in [1.807, 2.05) is 61.5 Å². The quantitative estimate of drug-likeness (QED) is 0.665. The van der Waals surface area contributed by atoms with E-state index < -0.39 is 0 Å². The van der Waals surface area contributed by atoms with Crippen LogP contribution in [0.3, 0.4) is 0 Å². The molecule has 0 heterocycles. The van der Waals surface area contributed by atoms with Crippen molar-refractivity contribution in [1.29, 1.82) is 0 Å². The number of methoxy groups -OCH3 is 3. The van der Waals surface area contributed by atoms with Gasteiger partial charge in [0, 0.05) is 12.1 Å². The Morgan fingerprint density at radius 3 is 2.21 bits per heavy atom. The smallest absolute Gasteiger partial charge is 0.227 e. The first kappa shape index (κ1) is 19.5. The molecule has 3 aromatic carbocycles. The molecular weight excluding hydrogens is 354 g/mol. The van der Waals surface area contributed by atoms with Crippen LogP contribution in [0.5, 0.6) is 17.2 Å². The Morgan fingerprint density at radius 1 is 0.857 bits per heavy atom. The molecular formula is C23H25NO4. The zero-order chi connectivity index (χ0) is 20.1. The van der Waals surface area contributed by atoms with Gasteiger partial charge in [-0.2, -0.15) is 0 Å².